The third-order valence-corrected chi connectivity index (χ3v) is 3.14. The average Bonchev–Trinajstić information content (AvgIpc) is 2.43. The summed E-state index contributed by atoms with van der Waals surface area (Å²) in [4.78, 5) is 11.6. The van der Waals surface area contributed by atoms with Crippen molar-refractivity contribution in [3.05, 3.63) is 59.7 Å². The summed E-state index contributed by atoms with van der Waals surface area (Å²) < 4.78 is 5.19. The van der Waals surface area contributed by atoms with Gasteiger partial charge in [0.25, 0.3) is 0 Å². The van der Waals surface area contributed by atoms with E-state index in [-0.39, 0.29) is 5.97 Å². The van der Waals surface area contributed by atoms with Crippen molar-refractivity contribution in [2.24, 2.45) is 5.92 Å². The van der Waals surface area contributed by atoms with E-state index < -0.39 is 0 Å². The summed E-state index contributed by atoms with van der Waals surface area (Å²) in [5.41, 5.74) is 2.34. The maximum Gasteiger partial charge on any atom is 0.310 e. The van der Waals surface area contributed by atoms with Crippen molar-refractivity contribution in [3.8, 4) is 0 Å². The number of hydrogen-bond acceptors (Lipinski definition) is 2. The molecular weight excluding hydrogens is 248 g/mol. The van der Waals surface area contributed by atoms with Gasteiger partial charge in [-0.1, -0.05) is 68.0 Å². The highest BCUT2D eigenvalue weighted by Crippen LogP contribution is 2.07. The molecule has 0 spiro atoms. The van der Waals surface area contributed by atoms with Gasteiger partial charge in [0.15, 0.2) is 0 Å². The number of benzene rings is 1. The minimum absolute atomic E-state index is 0.168. The predicted molar refractivity (Wildman–Crippen MR) is 83.5 cm³/mol. The first-order valence-electron chi connectivity index (χ1n) is 7.12. The fourth-order valence-corrected chi connectivity index (χ4v) is 1.56. The summed E-state index contributed by atoms with van der Waals surface area (Å²) in [6.45, 7) is 6.90. The molecular formula is C18H24O2. The van der Waals surface area contributed by atoms with E-state index in [0.717, 1.165) is 12.0 Å². The Morgan fingerprint density at radius 2 is 1.95 bits per heavy atom. The van der Waals surface area contributed by atoms with Gasteiger partial charge in [-0.05, 0) is 24.8 Å². The van der Waals surface area contributed by atoms with Gasteiger partial charge < -0.3 is 4.74 Å². The van der Waals surface area contributed by atoms with Gasteiger partial charge in [-0.25, -0.2) is 0 Å². The van der Waals surface area contributed by atoms with Crippen LogP contribution in [-0.4, -0.2) is 12.6 Å². The number of rotatable bonds is 7. The van der Waals surface area contributed by atoms with Crippen LogP contribution in [0.5, 0.6) is 0 Å². The van der Waals surface area contributed by atoms with Crippen LogP contribution >= 0.6 is 0 Å². The average molecular weight is 272 g/mol. The lowest BCUT2D eigenvalue weighted by molar-refractivity contribution is -0.142. The minimum Gasteiger partial charge on any atom is -0.465 e. The fourth-order valence-electron chi connectivity index (χ4n) is 1.56. The number of hydrogen-bond donors (Lipinski definition) is 0. The number of carbonyl (C=O) groups is 1. The second-order valence-corrected chi connectivity index (χ2v) is 5.17. The van der Waals surface area contributed by atoms with Gasteiger partial charge in [0.1, 0.15) is 0 Å². The first kappa shape index (κ1) is 16.2. The number of allylic oxidation sites excluding steroid dienone is 3. The molecule has 2 nitrogen and oxygen atoms in total. The van der Waals surface area contributed by atoms with E-state index in [1.807, 2.05) is 42.5 Å². The quantitative estimate of drug-likeness (QED) is 0.420. The van der Waals surface area contributed by atoms with E-state index in [0.29, 0.717) is 18.9 Å². The molecule has 0 heterocycles. The normalized spacial score (nSPS) is 12.1. The van der Waals surface area contributed by atoms with Gasteiger partial charge in [0.05, 0.1) is 13.0 Å². The summed E-state index contributed by atoms with van der Waals surface area (Å²) >= 11 is 0. The molecule has 0 atom stereocenters. The second kappa shape index (κ2) is 9.13. The molecule has 0 aliphatic rings. The monoisotopic (exact) mass is 272 g/mol. The molecule has 0 fully saturated rings. The van der Waals surface area contributed by atoms with E-state index in [1.54, 1.807) is 0 Å². The van der Waals surface area contributed by atoms with Gasteiger partial charge in [-0.3, -0.25) is 4.79 Å². The Balaban J connectivity index is 2.20. The van der Waals surface area contributed by atoms with Crippen molar-refractivity contribution in [1.82, 2.24) is 0 Å². The van der Waals surface area contributed by atoms with Crippen molar-refractivity contribution in [1.29, 1.82) is 0 Å². The van der Waals surface area contributed by atoms with Crippen molar-refractivity contribution in [2.75, 3.05) is 6.61 Å². The highest BCUT2D eigenvalue weighted by molar-refractivity contribution is 5.72. The molecule has 0 N–H and O–H groups in total. The van der Waals surface area contributed by atoms with Crippen LogP contribution in [0.1, 0.15) is 32.8 Å². The Hall–Kier alpha value is -1.83. The molecule has 0 amide bonds. The SMILES string of the molecule is C/C(=C\C=C\CCOC(=O)Cc1ccccc1)C(C)C. The molecule has 0 bridgehead atoms. The van der Waals surface area contributed by atoms with Crippen LogP contribution < -0.4 is 0 Å². The van der Waals surface area contributed by atoms with Gasteiger partial charge in [-0.15, -0.1) is 0 Å². The maximum absolute atomic E-state index is 11.6. The van der Waals surface area contributed by atoms with E-state index in [4.69, 9.17) is 4.74 Å². The number of ether oxygens (including phenoxy) is 1. The fraction of sp³-hybridized carbons (Fsp3) is 0.389. The third-order valence-electron chi connectivity index (χ3n) is 3.14. The van der Waals surface area contributed by atoms with E-state index >= 15 is 0 Å². The molecule has 0 aliphatic carbocycles. The first-order chi connectivity index (χ1) is 9.59. The Bertz CT molecular complexity index is 456. The summed E-state index contributed by atoms with van der Waals surface area (Å²) in [6.07, 6.45) is 7.26. The van der Waals surface area contributed by atoms with Crippen LogP contribution in [0, 0.1) is 5.92 Å². The Morgan fingerprint density at radius 3 is 2.60 bits per heavy atom. The molecule has 0 saturated carbocycles. The van der Waals surface area contributed by atoms with Gasteiger partial charge in [0, 0.05) is 0 Å². The minimum atomic E-state index is -0.168. The molecule has 0 radical (unpaired) electrons. The highest BCUT2D eigenvalue weighted by Gasteiger charge is 2.02. The Kier molecular flexibility index (Phi) is 7.41. The van der Waals surface area contributed by atoms with Crippen LogP contribution in [0.25, 0.3) is 0 Å². The zero-order valence-corrected chi connectivity index (χ0v) is 12.6. The lowest BCUT2D eigenvalue weighted by Crippen LogP contribution is -2.08. The molecule has 1 rings (SSSR count). The van der Waals surface area contributed by atoms with E-state index in [9.17, 15) is 4.79 Å². The smallest absolute Gasteiger partial charge is 0.310 e. The summed E-state index contributed by atoms with van der Waals surface area (Å²) in [7, 11) is 0. The molecule has 2 heteroatoms. The van der Waals surface area contributed by atoms with Crippen LogP contribution in [0.3, 0.4) is 0 Å². The zero-order chi connectivity index (χ0) is 14.8. The molecule has 1 aromatic carbocycles. The van der Waals surface area contributed by atoms with Crippen molar-refractivity contribution < 1.29 is 9.53 Å². The molecule has 0 saturated heterocycles. The lowest BCUT2D eigenvalue weighted by atomic mass is 10.1. The molecule has 1 aromatic rings. The van der Waals surface area contributed by atoms with Gasteiger partial charge in [-0.2, -0.15) is 0 Å². The van der Waals surface area contributed by atoms with Gasteiger partial charge >= 0.3 is 5.97 Å². The van der Waals surface area contributed by atoms with Crippen LogP contribution in [0.4, 0.5) is 0 Å². The molecule has 0 aromatic heterocycles. The lowest BCUT2D eigenvalue weighted by Gasteiger charge is -2.03. The summed E-state index contributed by atoms with van der Waals surface area (Å²) in [5, 5.41) is 0. The van der Waals surface area contributed by atoms with Crippen LogP contribution in [0.15, 0.2) is 54.1 Å². The number of esters is 1. The van der Waals surface area contributed by atoms with Crippen molar-refractivity contribution in [3.63, 3.8) is 0 Å². The predicted octanol–water partition coefficient (Wildman–Crippen LogP) is 4.32. The van der Waals surface area contributed by atoms with Crippen molar-refractivity contribution in [2.45, 2.75) is 33.6 Å². The van der Waals surface area contributed by atoms with E-state index in [1.165, 1.54) is 5.57 Å². The Labute approximate surface area is 122 Å². The molecule has 20 heavy (non-hydrogen) atoms. The topological polar surface area (TPSA) is 26.3 Å². The zero-order valence-electron chi connectivity index (χ0n) is 12.6. The summed E-state index contributed by atoms with van der Waals surface area (Å²) in [5.74, 6) is 0.404. The molecule has 0 unspecified atom stereocenters. The maximum atomic E-state index is 11.6. The second-order valence-electron chi connectivity index (χ2n) is 5.17. The molecule has 108 valence electrons. The third kappa shape index (κ3) is 6.93. The van der Waals surface area contributed by atoms with Crippen molar-refractivity contribution >= 4 is 5.97 Å². The molecule has 0 aliphatic heterocycles. The Morgan fingerprint density at radius 1 is 1.25 bits per heavy atom. The largest absolute Gasteiger partial charge is 0.465 e. The van der Waals surface area contributed by atoms with Crippen LogP contribution in [0.2, 0.25) is 0 Å². The first-order valence-corrected chi connectivity index (χ1v) is 7.12. The summed E-state index contributed by atoms with van der Waals surface area (Å²) in [6, 6.07) is 9.65. The number of carbonyl (C=O) groups excluding carboxylic acids is 1. The highest BCUT2D eigenvalue weighted by atomic mass is 16.5. The standard InChI is InChI=1S/C18H24O2/c1-15(2)16(3)10-6-5-9-13-20-18(19)14-17-11-7-4-8-12-17/h4-8,10-12,15H,9,13-14H2,1-3H3/b6-5+,16-10+. The van der Waals surface area contributed by atoms with Crippen LogP contribution in [-0.2, 0) is 16.0 Å². The van der Waals surface area contributed by atoms with E-state index in [2.05, 4.69) is 26.8 Å². The van der Waals surface area contributed by atoms with Gasteiger partial charge in [0.2, 0.25) is 0 Å².